The number of hydrogen-bond donors (Lipinski definition) is 0. The first-order valence-corrected chi connectivity index (χ1v) is 8.49. The molecule has 0 unspecified atom stereocenters. The molecule has 2 heterocycles. The summed E-state index contributed by atoms with van der Waals surface area (Å²) < 4.78 is 1.26. The zero-order valence-corrected chi connectivity index (χ0v) is 15.0. The number of rotatable bonds is 3. The minimum absolute atomic E-state index is 0.0351. The zero-order chi connectivity index (χ0) is 18.0. The fraction of sp³-hybridized carbons (Fsp3) is 0.421. The molecule has 6 nitrogen and oxygen atoms in total. The Morgan fingerprint density at radius 1 is 1.12 bits per heavy atom. The highest BCUT2D eigenvalue weighted by atomic mass is 16.2. The standard InChI is InChI=1S/C19H24N4O2/c1-19(2)14-21(3)11-12-22(19)18(25)13-23-17(24)10-9-16(20-23)15-7-5-4-6-8-15/h4-10H,11-14H2,1-3H3. The average Bonchev–Trinajstić information content (AvgIpc) is 2.56. The van der Waals surface area contributed by atoms with Crippen LogP contribution in [0.25, 0.3) is 11.3 Å². The van der Waals surface area contributed by atoms with Crippen LogP contribution in [-0.4, -0.2) is 57.7 Å². The molecule has 1 saturated heterocycles. The molecule has 0 atom stereocenters. The number of carbonyl (C=O) groups is 1. The molecule has 1 amide bonds. The minimum Gasteiger partial charge on any atom is -0.333 e. The van der Waals surface area contributed by atoms with Gasteiger partial charge < -0.3 is 9.80 Å². The van der Waals surface area contributed by atoms with E-state index in [1.807, 2.05) is 35.2 Å². The van der Waals surface area contributed by atoms with Gasteiger partial charge in [0.2, 0.25) is 5.91 Å². The Bertz CT molecular complexity index is 814. The molecule has 1 aromatic heterocycles. The Balaban J connectivity index is 1.83. The third-order valence-corrected chi connectivity index (χ3v) is 4.62. The molecule has 25 heavy (non-hydrogen) atoms. The second-order valence-electron chi connectivity index (χ2n) is 7.18. The number of hydrogen-bond acceptors (Lipinski definition) is 4. The van der Waals surface area contributed by atoms with Crippen LogP contribution in [0.1, 0.15) is 13.8 Å². The van der Waals surface area contributed by atoms with E-state index >= 15 is 0 Å². The summed E-state index contributed by atoms with van der Waals surface area (Å²) in [7, 11) is 2.05. The van der Waals surface area contributed by atoms with Gasteiger partial charge in [0.05, 0.1) is 11.2 Å². The first-order chi connectivity index (χ1) is 11.9. The number of benzene rings is 1. The van der Waals surface area contributed by atoms with Crippen molar-refractivity contribution in [1.82, 2.24) is 19.6 Å². The maximum Gasteiger partial charge on any atom is 0.267 e. The molecule has 0 bridgehead atoms. The van der Waals surface area contributed by atoms with E-state index in [4.69, 9.17) is 0 Å². The van der Waals surface area contributed by atoms with Crippen molar-refractivity contribution in [3.8, 4) is 11.3 Å². The van der Waals surface area contributed by atoms with E-state index in [1.54, 1.807) is 6.07 Å². The molecule has 6 heteroatoms. The molecule has 2 aromatic rings. The second-order valence-corrected chi connectivity index (χ2v) is 7.18. The van der Waals surface area contributed by atoms with Gasteiger partial charge in [0.15, 0.2) is 0 Å². The number of piperazine rings is 1. The normalized spacial score (nSPS) is 17.5. The van der Waals surface area contributed by atoms with Gasteiger partial charge >= 0.3 is 0 Å². The van der Waals surface area contributed by atoms with Crippen molar-refractivity contribution in [3.63, 3.8) is 0 Å². The van der Waals surface area contributed by atoms with Crippen molar-refractivity contribution in [2.45, 2.75) is 25.9 Å². The van der Waals surface area contributed by atoms with Crippen LogP contribution < -0.4 is 5.56 Å². The predicted octanol–water partition coefficient (Wildman–Crippen LogP) is 1.46. The zero-order valence-electron chi connectivity index (χ0n) is 15.0. The molecule has 3 rings (SSSR count). The van der Waals surface area contributed by atoms with E-state index in [1.165, 1.54) is 10.7 Å². The summed E-state index contributed by atoms with van der Waals surface area (Å²) in [5, 5.41) is 4.39. The predicted molar refractivity (Wildman–Crippen MR) is 97.2 cm³/mol. The van der Waals surface area contributed by atoms with E-state index in [2.05, 4.69) is 30.9 Å². The number of likely N-dealkylation sites (N-methyl/N-ethyl adjacent to an activating group) is 1. The number of nitrogens with zero attached hydrogens (tertiary/aromatic N) is 4. The van der Waals surface area contributed by atoms with E-state index in [0.717, 1.165) is 18.7 Å². The summed E-state index contributed by atoms with van der Waals surface area (Å²) in [4.78, 5) is 29.0. The SMILES string of the molecule is CN1CCN(C(=O)Cn2nc(-c3ccccc3)ccc2=O)C(C)(C)C1. The lowest BCUT2D eigenvalue weighted by molar-refractivity contribution is -0.141. The Morgan fingerprint density at radius 3 is 2.52 bits per heavy atom. The Kier molecular flexibility index (Phi) is 4.72. The third-order valence-electron chi connectivity index (χ3n) is 4.62. The summed E-state index contributed by atoms with van der Waals surface area (Å²) in [5.74, 6) is -0.0714. The number of amides is 1. The molecular formula is C19H24N4O2. The highest BCUT2D eigenvalue weighted by Gasteiger charge is 2.35. The highest BCUT2D eigenvalue weighted by molar-refractivity contribution is 5.77. The lowest BCUT2D eigenvalue weighted by atomic mass is 9.99. The second kappa shape index (κ2) is 6.80. The van der Waals surface area contributed by atoms with Gasteiger partial charge in [0.25, 0.3) is 5.56 Å². The van der Waals surface area contributed by atoms with Gasteiger partial charge in [0.1, 0.15) is 6.54 Å². The van der Waals surface area contributed by atoms with Crippen molar-refractivity contribution >= 4 is 5.91 Å². The molecule has 1 aliphatic heterocycles. The van der Waals surface area contributed by atoms with Crippen molar-refractivity contribution in [3.05, 3.63) is 52.8 Å². The van der Waals surface area contributed by atoms with Crippen LogP contribution in [-0.2, 0) is 11.3 Å². The molecule has 0 N–H and O–H groups in total. The van der Waals surface area contributed by atoms with Crippen LogP contribution in [0.5, 0.6) is 0 Å². The third kappa shape index (κ3) is 3.79. The van der Waals surface area contributed by atoms with Crippen molar-refractivity contribution < 1.29 is 4.79 Å². The van der Waals surface area contributed by atoms with Crippen LogP contribution in [0.3, 0.4) is 0 Å². The van der Waals surface area contributed by atoms with Gasteiger partial charge in [-0.1, -0.05) is 30.3 Å². The van der Waals surface area contributed by atoms with Crippen molar-refractivity contribution in [2.24, 2.45) is 0 Å². The molecule has 132 valence electrons. The first-order valence-electron chi connectivity index (χ1n) is 8.49. The van der Waals surface area contributed by atoms with E-state index in [9.17, 15) is 9.59 Å². The molecule has 1 fully saturated rings. The number of carbonyl (C=O) groups excluding carboxylic acids is 1. The smallest absolute Gasteiger partial charge is 0.267 e. The summed E-state index contributed by atoms with van der Waals surface area (Å²) in [5.41, 5.74) is 1.08. The molecule has 1 aliphatic rings. The molecule has 1 aromatic carbocycles. The van der Waals surface area contributed by atoms with Gasteiger partial charge in [-0.25, -0.2) is 4.68 Å². The Morgan fingerprint density at radius 2 is 1.84 bits per heavy atom. The van der Waals surface area contributed by atoms with Gasteiger partial charge in [-0.3, -0.25) is 9.59 Å². The van der Waals surface area contributed by atoms with E-state index in [-0.39, 0.29) is 23.6 Å². The van der Waals surface area contributed by atoms with Crippen LogP contribution in [0.15, 0.2) is 47.3 Å². The minimum atomic E-state index is -0.264. The van der Waals surface area contributed by atoms with Gasteiger partial charge in [0, 0.05) is 31.3 Å². The lowest BCUT2D eigenvalue weighted by Gasteiger charge is -2.46. The van der Waals surface area contributed by atoms with Gasteiger partial charge in [-0.2, -0.15) is 5.10 Å². The summed E-state index contributed by atoms with van der Waals surface area (Å²) in [6.45, 7) is 6.38. The van der Waals surface area contributed by atoms with Crippen LogP contribution >= 0.6 is 0 Å². The largest absolute Gasteiger partial charge is 0.333 e. The number of aromatic nitrogens is 2. The summed E-state index contributed by atoms with van der Waals surface area (Å²) in [6, 6.07) is 12.8. The monoisotopic (exact) mass is 340 g/mol. The highest BCUT2D eigenvalue weighted by Crippen LogP contribution is 2.20. The van der Waals surface area contributed by atoms with Crippen LogP contribution in [0, 0.1) is 0 Å². The molecule has 0 spiro atoms. The topological polar surface area (TPSA) is 58.4 Å². The maximum absolute atomic E-state index is 12.8. The van der Waals surface area contributed by atoms with E-state index < -0.39 is 0 Å². The molecule has 0 radical (unpaired) electrons. The fourth-order valence-electron chi connectivity index (χ4n) is 3.40. The lowest BCUT2D eigenvalue weighted by Crippen LogP contribution is -2.60. The Labute approximate surface area is 147 Å². The van der Waals surface area contributed by atoms with Gasteiger partial charge in [-0.05, 0) is 27.0 Å². The van der Waals surface area contributed by atoms with Crippen LogP contribution in [0.4, 0.5) is 0 Å². The quantitative estimate of drug-likeness (QED) is 0.849. The van der Waals surface area contributed by atoms with E-state index in [0.29, 0.717) is 12.2 Å². The first kappa shape index (κ1) is 17.4. The van der Waals surface area contributed by atoms with Crippen molar-refractivity contribution in [2.75, 3.05) is 26.7 Å². The Hall–Kier alpha value is -2.47. The van der Waals surface area contributed by atoms with Crippen molar-refractivity contribution in [1.29, 1.82) is 0 Å². The molecule has 0 saturated carbocycles. The average molecular weight is 340 g/mol. The molecule has 0 aliphatic carbocycles. The van der Waals surface area contributed by atoms with Crippen LogP contribution in [0.2, 0.25) is 0 Å². The summed E-state index contributed by atoms with van der Waals surface area (Å²) >= 11 is 0. The summed E-state index contributed by atoms with van der Waals surface area (Å²) in [6.07, 6.45) is 0. The van der Waals surface area contributed by atoms with Gasteiger partial charge in [-0.15, -0.1) is 0 Å². The molecular weight excluding hydrogens is 316 g/mol. The maximum atomic E-state index is 12.8. The fourth-order valence-corrected chi connectivity index (χ4v) is 3.40.